The Kier molecular flexibility index (Phi) is 3.90. The molecule has 0 saturated heterocycles. The van der Waals surface area contributed by atoms with Crippen LogP contribution >= 0.6 is 0 Å². The van der Waals surface area contributed by atoms with Crippen LogP contribution in [0.4, 0.5) is 5.69 Å². The molecule has 0 bridgehead atoms. The number of aryl methyl sites for hydroxylation is 2. The fraction of sp³-hybridized carbons (Fsp3) is 0.286. The van der Waals surface area contributed by atoms with Gasteiger partial charge in [-0.3, -0.25) is 0 Å². The molecule has 29 heavy (non-hydrogen) atoms. The summed E-state index contributed by atoms with van der Waals surface area (Å²) in [5.41, 5.74) is 11.8. The summed E-state index contributed by atoms with van der Waals surface area (Å²) in [5, 5.41) is 6.73. The molecule has 0 aromatic heterocycles. The summed E-state index contributed by atoms with van der Waals surface area (Å²) in [4.78, 5) is 0. The highest BCUT2D eigenvalue weighted by Crippen LogP contribution is 2.38. The molecule has 0 fully saturated rings. The van der Waals surface area contributed by atoms with Crippen LogP contribution in [0.15, 0.2) is 54.6 Å². The predicted molar refractivity (Wildman–Crippen MR) is 123 cm³/mol. The number of benzene rings is 3. The smallest absolute Gasteiger partial charge is 0.0449 e. The van der Waals surface area contributed by atoms with Crippen molar-refractivity contribution in [1.82, 2.24) is 0 Å². The topological polar surface area (TPSA) is 12.0 Å². The zero-order valence-corrected chi connectivity index (χ0v) is 17.1. The highest BCUT2D eigenvalue weighted by Gasteiger charge is 2.28. The summed E-state index contributed by atoms with van der Waals surface area (Å²) < 4.78 is 0. The standard InChI is InChI=1S/C28H27N/c1-18-16-24-25(26(18)23-14-5-10-20-12-7-15-29-28(20)23)17-21-11-6-13-22(21)27(24)19-8-3-2-4-9-19/h2-5,8-10,13-14,17-18,29H,6-7,11-12,15-16H2,1H3. The van der Waals surface area contributed by atoms with Gasteiger partial charge in [0.15, 0.2) is 0 Å². The van der Waals surface area contributed by atoms with E-state index in [-0.39, 0.29) is 0 Å². The number of hydrogen-bond acceptors (Lipinski definition) is 1. The molecule has 0 saturated carbocycles. The van der Waals surface area contributed by atoms with E-state index in [1.807, 2.05) is 0 Å². The summed E-state index contributed by atoms with van der Waals surface area (Å²) >= 11 is 0. The van der Waals surface area contributed by atoms with Gasteiger partial charge in [0.1, 0.15) is 0 Å². The third-order valence-corrected chi connectivity index (χ3v) is 7.04. The second-order valence-electron chi connectivity index (χ2n) is 8.85. The third-order valence-electron chi connectivity index (χ3n) is 7.04. The Morgan fingerprint density at radius 1 is 0.931 bits per heavy atom. The minimum absolute atomic E-state index is 0.546. The molecule has 2 aliphatic carbocycles. The highest BCUT2D eigenvalue weighted by atomic mass is 14.9. The number of anilines is 1. The van der Waals surface area contributed by atoms with Gasteiger partial charge in [-0.05, 0) is 81.8 Å². The lowest BCUT2D eigenvalue weighted by molar-refractivity contribution is 0.767. The highest BCUT2D eigenvalue weighted by molar-refractivity contribution is 5.84. The van der Waals surface area contributed by atoms with Crippen molar-refractivity contribution in [3.63, 3.8) is 0 Å². The van der Waals surface area contributed by atoms with E-state index in [0.29, 0.717) is 5.92 Å². The molecule has 1 heterocycles. The van der Waals surface area contributed by atoms with Gasteiger partial charge in [0.2, 0.25) is 0 Å². The van der Waals surface area contributed by atoms with Crippen LogP contribution in [0, 0.1) is 5.92 Å². The van der Waals surface area contributed by atoms with Crippen molar-refractivity contribution in [3.8, 4) is 11.1 Å². The maximum Gasteiger partial charge on any atom is 0.0449 e. The number of fused-ring (bicyclic) bond motifs is 3. The van der Waals surface area contributed by atoms with Crippen LogP contribution in [0.5, 0.6) is 0 Å². The van der Waals surface area contributed by atoms with Crippen molar-refractivity contribution >= 4 is 17.3 Å². The summed E-state index contributed by atoms with van der Waals surface area (Å²) in [6.07, 6.45) is 8.38. The van der Waals surface area contributed by atoms with E-state index in [0.717, 1.165) is 13.0 Å². The number of rotatable bonds is 2. The Hall–Kier alpha value is -2.80. The zero-order valence-electron chi connectivity index (χ0n) is 17.1. The van der Waals surface area contributed by atoms with Crippen LogP contribution in [0.1, 0.15) is 42.0 Å². The van der Waals surface area contributed by atoms with E-state index >= 15 is 0 Å². The molecule has 1 atom stereocenters. The quantitative estimate of drug-likeness (QED) is 0.674. The summed E-state index contributed by atoms with van der Waals surface area (Å²) in [6.45, 7) is 3.51. The van der Waals surface area contributed by atoms with Crippen LogP contribution < -0.4 is 15.8 Å². The van der Waals surface area contributed by atoms with Crippen LogP contribution in [-0.2, 0) is 19.3 Å². The Morgan fingerprint density at radius 3 is 2.72 bits per heavy atom. The normalized spacial score (nSPS) is 19.2. The molecule has 1 aliphatic heterocycles. The average Bonchev–Trinajstić information content (AvgIpc) is 3.35. The van der Waals surface area contributed by atoms with E-state index in [9.17, 15) is 0 Å². The molecule has 1 heteroatoms. The molecule has 0 spiro atoms. The van der Waals surface area contributed by atoms with E-state index in [1.165, 1.54) is 69.6 Å². The van der Waals surface area contributed by atoms with Crippen LogP contribution in [0.2, 0.25) is 0 Å². The minimum Gasteiger partial charge on any atom is -0.384 e. The molecule has 3 aliphatic rings. The molecule has 0 amide bonds. The lowest BCUT2D eigenvalue weighted by Gasteiger charge is -2.23. The first-order valence-electron chi connectivity index (χ1n) is 11.1. The molecule has 1 unspecified atom stereocenters. The lowest BCUT2D eigenvalue weighted by atomic mass is 9.90. The molecule has 0 radical (unpaired) electrons. The molecule has 1 N–H and O–H groups in total. The van der Waals surface area contributed by atoms with Crippen molar-refractivity contribution < 1.29 is 0 Å². The number of para-hydroxylation sites is 1. The number of hydrogen-bond donors (Lipinski definition) is 1. The maximum atomic E-state index is 3.73. The summed E-state index contributed by atoms with van der Waals surface area (Å²) in [5.74, 6) is 0.546. The molecule has 1 nitrogen and oxygen atoms in total. The fourth-order valence-corrected chi connectivity index (χ4v) is 5.81. The second kappa shape index (κ2) is 6.62. The van der Waals surface area contributed by atoms with Gasteiger partial charge < -0.3 is 5.32 Å². The maximum absolute atomic E-state index is 3.73. The van der Waals surface area contributed by atoms with Crippen LogP contribution in [0.3, 0.4) is 0 Å². The molecule has 144 valence electrons. The van der Waals surface area contributed by atoms with Gasteiger partial charge in [-0.25, -0.2) is 0 Å². The van der Waals surface area contributed by atoms with E-state index in [4.69, 9.17) is 0 Å². The van der Waals surface area contributed by atoms with Gasteiger partial charge in [0.05, 0.1) is 0 Å². The van der Waals surface area contributed by atoms with E-state index in [2.05, 4.69) is 72.9 Å². The summed E-state index contributed by atoms with van der Waals surface area (Å²) in [6, 6.07) is 20.5. The van der Waals surface area contributed by atoms with Gasteiger partial charge in [-0.2, -0.15) is 0 Å². The van der Waals surface area contributed by atoms with Gasteiger partial charge in [-0.15, -0.1) is 0 Å². The van der Waals surface area contributed by atoms with Crippen molar-refractivity contribution in [2.75, 3.05) is 11.9 Å². The third kappa shape index (κ3) is 2.60. The van der Waals surface area contributed by atoms with Crippen molar-refractivity contribution in [2.45, 2.75) is 39.0 Å². The van der Waals surface area contributed by atoms with Crippen molar-refractivity contribution in [1.29, 1.82) is 0 Å². The first kappa shape index (κ1) is 17.1. The largest absolute Gasteiger partial charge is 0.384 e. The van der Waals surface area contributed by atoms with Crippen molar-refractivity contribution in [3.05, 3.63) is 87.3 Å². The first-order chi connectivity index (χ1) is 14.3. The Bertz CT molecular complexity index is 1230. The van der Waals surface area contributed by atoms with Gasteiger partial charge in [-0.1, -0.05) is 67.6 Å². The van der Waals surface area contributed by atoms with Crippen molar-refractivity contribution in [2.24, 2.45) is 5.92 Å². The van der Waals surface area contributed by atoms with E-state index in [1.54, 1.807) is 11.1 Å². The molecular weight excluding hydrogens is 350 g/mol. The number of nitrogens with one attached hydrogen (secondary N) is 1. The summed E-state index contributed by atoms with van der Waals surface area (Å²) in [7, 11) is 0. The zero-order chi connectivity index (χ0) is 19.4. The molecule has 3 aromatic rings. The van der Waals surface area contributed by atoms with Gasteiger partial charge >= 0.3 is 0 Å². The van der Waals surface area contributed by atoms with E-state index < -0.39 is 0 Å². The predicted octanol–water partition coefficient (Wildman–Crippen LogP) is 4.83. The monoisotopic (exact) mass is 377 g/mol. The second-order valence-corrected chi connectivity index (χ2v) is 8.85. The first-order valence-corrected chi connectivity index (χ1v) is 11.1. The van der Waals surface area contributed by atoms with Gasteiger partial charge in [0, 0.05) is 17.8 Å². The van der Waals surface area contributed by atoms with Gasteiger partial charge in [0.25, 0.3) is 0 Å². The fourth-order valence-electron chi connectivity index (χ4n) is 5.81. The molecule has 3 aromatic carbocycles. The Balaban J connectivity index is 1.69. The Morgan fingerprint density at radius 2 is 1.83 bits per heavy atom. The molecule has 6 rings (SSSR count). The lowest BCUT2D eigenvalue weighted by Crippen LogP contribution is -2.21. The van der Waals surface area contributed by atoms with Crippen LogP contribution in [-0.4, -0.2) is 6.54 Å². The molecular formula is C28H27N. The SMILES string of the molecule is CC1Cc2c(-c3ccccc3)c3c(cc2=C1c1cccc2c1NCCC2)CCC=3. The minimum atomic E-state index is 0.546. The van der Waals surface area contributed by atoms with Crippen LogP contribution in [0.25, 0.3) is 22.8 Å². The average molecular weight is 378 g/mol. The Labute approximate surface area is 172 Å².